The first kappa shape index (κ1) is 21.7. The van der Waals surface area contributed by atoms with Crippen LogP contribution < -0.4 is 10.1 Å². The van der Waals surface area contributed by atoms with Crippen molar-refractivity contribution in [3.8, 4) is 11.8 Å². The summed E-state index contributed by atoms with van der Waals surface area (Å²) in [5.74, 6) is -0.523. The van der Waals surface area contributed by atoms with E-state index in [1.807, 2.05) is 24.3 Å². The summed E-state index contributed by atoms with van der Waals surface area (Å²) >= 11 is 0. The van der Waals surface area contributed by atoms with Gasteiger partial charge in [0.25, 0.3) is 0 Å². The van der Waals surface area contributed by atoms with E-state index < -0.39 is 22.9 Å². The van der Waals surface area contributed by atoms with Gasteiger partial charge in [-0.05, 0) is 45.4 Å². The molecule has 0 radical (unpaired) electrons. The molecule has 7 nitrogen and oxygen atoms in total. The van der Waals surface area contributed by atoms with Crippen molar-refractivity contribution < 1.29 is 23.8 Å². The zero-order valence-corrected chi connectivity index (χ0v) is 17.1. The second kappa shape index (κ2) is 8.61. The number of ether oxygens (including phenoxy) is 3. The Morgan fingerprint density at radius 2 is 1.57 bits per heavy atom. The van der Waals surface area contributed by atoms with Crippen LogP contribution in [-0.4, -0.2) is 36.8 Å². The maximum atomic E-state index is 12.7. The largest absolute Gasteiger partial charge is 0.497 e. The van der Waals surface area contributed by atoms with Gasteiger partial charge in [-0.1, -0.05) is 12.1 Å². The van der Waals surface area contributed by atoms with Gasteiger partial charge in [-0.25, -0.2) is 0 Å². The van der Waals surface area contributed by atoms with Crippen molar-refractivity contribution in [2.24, 2.45) is 5.41 Å². The number of rotatable bonds is 8. The van der Waals surface area contributed by atoms with Crippen LogP contribution in [0.4, 0.5) is 0 Å². The monoisotopic (exact) mass is 388 g/mol. The van der Waals surface area contributed by atoms with Crippen LogP contribution in [0.3, 0.4) is 0 Å². The first-order valence-corrected chi connectivity index (χ1v) is 9.38. The van der Waals surface area contributed by atoms with Crippen LogP contribution in [-0.2, 0) is 25.6 Å². The number of hydrogen-bond donors (Lipinski definition) is 1. The van der Waals surface area contributed by atoms with Crippen molar-refractivity contribution in [1.29, 1.82) is 5.26 Å². The normalized spacial score (nSPS) is 16.8. The summed E-state index contributed by atoms with van der Waals surface area (Å²) in [7, 11) is 1.60. The number of hydrogen-bond acceptors (Lipinski definition) is 7. The van der Waals surface area contributed by atoms with Crippen molar-refractivity contribution >= 4 is 11.9 Å². The van der Waals surface area contributed by atoms with E-state index in [0.29, 0.717) is 6.54 Å². The molecule has 1 aromatic rings. The van der Waals surface area contributed by atoms with Crippen LogP contribution in [0.5, 0.6) is 5.75 Å². The molecular formula is C21H28N2O5. The van der Waals surface area contributed by atoms with E-state index in [-0.39, 0.29) is 25.0 Å². The third-order valence-corrected chi connectivity index (χ3v) is 4.68. The summed E-state index contributed by atoms with van der Waals surface area (Å²) in [6, 6.07) is 9.68. The summed E-state index contributed by atoms with van der Waals surface area (Å²) in [6.07, 6.45) is -0.686. The number of carbonyl (C=O) groups is 2. The standard InChI is InChI=1S/C21H28N2O5/c1-14(2)27-18(24)21(19(25)28-15(3)4)11-20(12-21,13-22)23-10-16-6-8-17(26-5)9-7-16/h6-9,14-15,23H,10-12H2,1-5H3. The van der Waals surface area contributed by atoms with Gasteiger partial charge in [0.1, 0.15) is 11.3 Å². The van der Waals surface area contributed by atoms with Crippen molar-refractivity contribution in [2.75, 3.05) is 7.11 Å². The average molecular weight is 388 g/mol. The lowest BCUT2D eigenvalue weighted by Gasteiger charge is -2.49. The predicted octanol–water partition coefficient (Wildman–Crippen LogP) is 2.73. The Kier molecular flexibility index (Phi) is 6.68. The molecule has 0 heterocycles. The summed E-state index contributed by atoms with van der Waals surface area (Å²) in [4.78, 5) is 25.3. The van der Waals surface area contributed by atoms with Gasteiger partial charge in [-0.3, -0.25) is 14.9 Å². The van der Waals surface area contributed by atoms with Gasteiger partial charge in [0.05, 0.1) is 25.4 Å². The van der Waals surface area contributed by atoms with E-state index in [1.54, 1.807) is 34.8 Å². The van der Waals surface area contributed by atoms with Crippen molar-refractivity contribution in [2.45, 2.75) is 64.8 Å². The molecule has 0 spiro atoms. The highest BCUT2D eigenvalue weighted by atomic mass is 16.6. The third kappa shape index (κ3) is 4.63. The zero-order chi connectivity index (χ0) is 20.9. The molecule has 28 heavy (non-hydrogen) atoms. The topological polar surface area (TPSA) is 97.6 Å². The lowest BCUT2D eigenvalue weighted by Crippen LogP contribution is -2.66. The highest BCUT2D eigenvalue weighted by Crippen LogP contribution is 2.50. The number of nitriles is 1. The number of nitrogens with zero attached hydrogens (tertiary/aromatic N) is 1. The average Bonchev–Trinajstić information content (AvgIpc) is 2.60. The lowest BCUT2D eigenvalue weighted by molar-refractivity contribution is -0.189. The van der Waals surface area contributed by atoms with Gasteiger partial charge >= 0.3 is 11.9 Å². The first-order chi connectivity index (χ1) is 13.2. The van der Waals surface area contributed by atoms with Gasteiger partial charge in [-0.2, -0.15) is 5.26 Å². The van der Waals surface area contributed by atoms with Crippen molar-refractivity contribution in [3.05, 3.63) is 29.8 Å². The van der Waals surface area contributed by atoms with Gasteiger partial charge in [0, 0.05) is 19.4 Å². The molecule has 152 valence electrons. The molecule has 1 saturated carbocycles. The van der Waals surface area contributed by atoms with Crippen molar-refractivity contribution in [1.82, 2.24) is 5.32 Å². The summed E-state index contributed by atoms with van der Waals surface area (Å²) in [5, 5.41) is 12.9. The fourth-order valence-corrected chi connectivity index (χ4v) is 3.26. The molecule has 1 N–H and O–H groups in total. The van der Waals surface area contributed by atoms with Crippen molar-refractivity contribution in [3.63, 3.8) is 0 Å². The maximum absolute atomic E-state index is 12.7. The van der Waals surface area contributed by atoms with E-state index >= 15 is 0 Å². The summed E-state index contributed by atoms with van der Waals surface area (Å²) in [5.41, 5.74) is -1.48. The smallest absolute Gasteiger partial charge is 0.323 e. The Labute approximate surface area is 166 Å². The molecule has 0 bridgehead atoms. The minimum Gasteiger partial charge on any atom is -0.497 e. The molecule has 0 amide bonds. The van der Waals surface area contributed by atoms with Gasteiger partial charge < -0.3 is 14.2 Å². The number of benzene rings is 1. The van der Waals surface area contributed by atoms with E-state index in [1.165, 1.54) is 0 Å². The Hall–Kier alpha value is -2.59. The Morgan fingerprint density at radius 3 is 1.96 bits per heavy atom. The molecule has 1 fully saturated rings. The fraction of sp³-hybridized carbons (Fsp3) is 0.571. The second-order valence-corrected chi connectivity index (χ2v) is 7.74. The van der Waals surface area contributed by atoms with Gasteiger partial charge in [0.15, 0.2) is 5.41 Å². The van der Waals surface area contributed by atoms with Crippen LogP contribution in [0.1, 0.15) is 46.1 Å². The van der Waals surface area contributed by atoms with Crippen LogP contribution in [0, 0.1) is 16.7 Å². The predicted molar refractivity (Wildman–Crippen MR) is 102 cm³/mol. The molecule has 0 unspecified atom stereocenters. The first-order valence-electron chi connectivity index (χ1n) is 9.38. The summed E-state index contributed by atoms with van der Waals surface area (Å²) in [6.45, 7) is 7.30. The van der Waals surface area contributed by atoms with E-state index in [9.17, 15) is 14.9 Å². The van der Waals surface area contributed by atoms with E-state index in [0.717, 1.165) is 11.3 Å². The number of methoxy groups -OCH3 is 1. The third-order valence-electron chi connectivity index (χ3n) is 4.68. The fourth-order valence-electron chi connectivity index (χ4n) is 3.26. The minimum absolute atomic E-state index is 0.0176. The van der Waals surface area contributed by atoms with E-state index in [4.69, 9.17) is 14.2 Å². The lowest BCUT2D eigenvalue weighted by atomic mass is 9.57. The van der Waals surface area contributed by atoms with Crippen LogP contribution in [0.2, 0.25) is 0 Å². The number of carbonyl (C=O) groups excluding carboxylic acids is 2. The highest BCUT2D eigenvalue weighted by Gasteiger charge is 2.66. The molecule has 0 saturated heterocycles. The van der Waals surface area contributed by atoms with E-state index in [2.05, 4.69) is 11.4 Å². The van der Waals surface area contributed by atoms with Crippen LogP contribution in [0.25, 0.3) is 0 Å². The minimum atomic E-state index is -1.45. The molecule has 0 aliphatic heterocycles. The molecule has 1 aromatic carbocycles. The molecular weight excluding hydrogens is 360 g/mol. The molecule has 0 atom stereocenters. The van der Waals surface area contributed by atoms with Gasteiger partial charge in [0.2, 0.25) is 0 Å². The molecule has 1 aliphatic rings. The Morgan fingerprint density at radius 1 is 1.07 bits per heavy atom. The Balaban J connectivity index is 2.13. The maximum Gasteiger partial charge on any atom is 0.323 e. The molecule has 7 heteroatoms. The van der Waals surface area contributed by atoms with Gasteiger partial charge in [-0.15, -0.1) is 0 Å². The molecule has 0 aromatic heterocycles. The quantitative estimate of drug-likeness (QED) is 0.540. The number of esters is 2. The number of nitrogens with one attached hydrogen (secondary N) is 1. The highest BCUT2D eigenvalue weighted by molar-refractivity contribution is 6.02. The second-order valence-electron chi connectivity index (χ2n) is 7.74. The zero-order valence-electron chi connectivity index (χ0n) is 17.1. The Bertz CT molecular complexity index is 719. The SMILES string of the molecule is COc1ccc(CNC2(C#N)CC(C(=O)OC(C)C)(C(=O)OC(C)C)C2)cc1. The van der Waals surface area contributed by atoms with Crippen LogP contribution in [0.15, 0.2) is 24.3 Å². The summed E-state index contributed by atoms with van der Waals surface area (Å²) < 4.78 is 15.7. The molecule has 2 rings (SSSR count). The molecule has 1 aliphatic carbocycles. The van der Waals surface area contributed by atoms with Crippen LogP contribution >= 0.6 is 0 Å².